The number of allylic oxidation sites excluding steroid dienone is 10. The molecule has 0 aromatic heterocycles. The first-order valence-corrected chi connectivity index (χ1v) is 13.9. The van der Waals surface area contributed by atoms with Crippen molar-refractivity contribution in [3.05, 3.63) is 60.8 Å². The average Bonchev–Trinajstić information content (AvgIpc) is 2.77. The molecule has 0 aliphatic rings. The molecule has 0 rings (SSSR count). The van der Waals surface area contributed by atoms with Crippen molar-refractivity contribution in [1.82, 2.24) is 10.6 Å². The molecule has 2 amide bonds. The Morgan fingerprint density at radius 3 is 1.69 bits per heavy atom. The van der Waals surface area contributed by atoms with Crippen LogP contribution in [-0.2, 0) is 4.79 Å². The van der Waals surface area contributed by atoms with Gasteiger partial charge in [0, 0.05) is 31.0 Å². The Hall–Kier alpha value is -1.86. The van der Waals surface area contributed by atoms with Gasteiger partial charge in [-0.3, -0.25) is 4.79 Å². The fourth-order valence-electron chi connectivity index (χ4n) is 2.39. The van der Waals surface area contributed by atoms with E-state index in [0.717, 1.165) is 56.5 Å². The molecule has 0 saturated carbocycles. The van der Waals surface area contributed by atoms with Gasteiger partial charge in [-0.05, 0) is 44.9 Å². The average molecular weight is 481 g/mol. The molecule has 180 valence electrons. The quantitative estimate of drug-likeness (QED) is 0.103. The summed E-state index contributed by atoms with van der Waals surface area (Å²) >= 11 is 0. The number of amides is 2. The summed E-state index contributed by atoms with van der Waals surface area (Å²) < 4.78 is 0. The van der Waals surface area contributed by atoms with E-state index in [1.807, 2.05) is 0 Å². The number of hydrogen-bond acceptors (Lipinski definition) is 4. The summed E-state index contributed by atoms with van der Waals surface area (Å²) in [6.45, 7) is 3.23. The largest absolute Gasteiger partial charge is 0.465 e. The third-order valence-corrected chi connectivity index (χ3v) is 6.39. The van der Waals surface area contributed by atoms with Gasteiger partial charge >= 0.3 is 6.09 Å². The van der Waals surface area contributed by atoms with Gasteiger partial charge in [-0.25, -0.2) is 4.79 Å². The number of rotatable bonds is 20. The van der Waals surface area contributed by atoms with Crippen molar-refractivity contribution in [1.29, 1.82) is 0 Å². The first kappa shape index (κ1) is 30.1. The van der Waals surface area contributed by atoms with Crippen LogP contribution in [0.3, 0.4) is 0 Å². The van der Waals surface area contributed by atoms with Crippen molar-refractivity contribution in [3.8, 4) is 0 Å². The van der Waals surface area contributed by atoms with Gasteiger partial charge in [-0.1, -0.05) is 89.3 Å². The lowest BCUT2D eigenvalue weighted by atomic mass is 10.2. The van der Waals surface area contributed by atoms with Crippen molar-refractivity contribution in [2.45, 2.75) is 58.3 Å². The molecule has 0 aromatic carbocycles. The number of carbonyl (C=O) groups is 2. The standard InChI is InChI=1S/C25H40N2O3S2/c1-2-3-4-5-6-7-8-9-10-11-12-13-14-15-16-17-18-19-24(28)26-20-22-31-32-23-21-27-25(29)30/h3-4,6-7,9-10,12-13,15-16,27H,2,5,8,11,14,17-23H2,1H3,(H,26,28)(H,29,30). The van der Waals surface area contributed by atoms with Crippen LogP contribution in [0.25, 0.3) is 0 Å². The van der Waals surface area contributed by atoms with Gasteiger partial charge in [0.1, 0.15) is 0 Å². The lowest BCUT2D eigenvalue weighted by Crippen LogP contribution is -2.25. The van der Waals surface area contributed by atoms with Crippen LogP contribution in [0.15, 0.2) is 60.8 Å². The highest BCUT2D eigenvalue weighted by atomic mass is 33.1. The van der Waals surface area contributed by atoms with Crippen molar-refractivity contribution in [2.75, 3.05) is 24.6 Å². The van der Waals surface area contributed by atoms with Gasteiger partial charge in [0.15, 0.2) is 0 Å². The maximum absolute atomic E-state index is 11.8. The molecule has 0 aliphatic carbocycles. The van der Waals surface area contributed by atoms with Crippen molar-refractivity contribution in [2.24, 2.45) is 0 Å². The molecule has 5 nitrogen and oxygen atoms in total. The summed E-state index contributed by atoms with van der Waals surface area (Å²) in [4.78, 5) is 22.0. The van der Waals surface area contributed by atoms with Crippen LogP contribution in [-0.4, -0.2) is 41.7 Å². The lowest BCUT2D eigenvalue weighted by Gasteiger charge is -2.04. The van der Waals surface area contributed by atoms with Crippen LogP contribution in [0, 0.1) is 0 Å². The summed E-state index contributed by atoms with van der Waals surface area (Å²) in [5.41, 5.74) is 0. The minimum atomic E-state index is -0.993. The molecular formula is C25H40N2O3S2. The van der Waals surface area contributed by atoms with E-state index in [4.69, 9.17) is 5.11 Å². The number of hydrogen-bond donors (Lipinski definition) is 3. The van der Waals surface area contributed by atoms with Crippen LogP contribution in [0.4, 0.5) is 4.79 Å². The molecule has 0 radical (unpaired) electrons. The van der Waals surface area contributed by atoms with Gasteiger partial charge in [-0.15, -0.1) is 0 Å². The monoisotopic (exact) mass is 480 g/mol. The Kier molecular flexibility index (Phi) is 23.9. The Bertz CT molecular complexity index is 614. The predicted octanol–water partition coefficient (Wildman–Crippen LogP) is 6.67. The molecule has 0 aliphatic heterocycles. The van der Waals surface area contributed by atoms with Crippen molar-refractivity contribution in [3.63, 3.8) is 0 Å². The van der Waals surface area contributed by atoms with E-state index in [2.05, 4.69) is 78.3 Å². The number of carbonyl (C=O) groups excluding carboxylic acids is 1. The Morgan fingerprint density at radius 1 is 0.719 bits per heavy atom. The van der Waals surface area contributed by atoms with Crippen molar-refractivity contribution < 1.29 is 14.7 Å². The molecular weight excluding hydrogens is 440 g/mol. The predicted molar refractivity (Wildman–Crippen MR) is 142 cm³/mol. The number of carboxylic acid groups (broad SMARTS) is 1. The van der Waals surface area contributed by atoms with Crippen LogP contribution in [0.5, 0.6) is 0 Å². The fourth-order valence-corrected chi connectivity index (χ4v) is 4.20. The Balaban J connectivity index is 3.46. The number of nitrogens with one attached hydrogen (secondary N) is 2. The first-order chi connectivity index (χ1) is 15.7. The van der Waals surface area contributed by atoms with E-state index in [1.165, 1.54) is 0 Å². The molecule has 0 bridgehead atoms. The molecule has 0 saturated heterocycles. The zero-order chi connectivity index (χ0) is 23.5. The fraction of sp³-hybridized carbons (Fsp3) is 0.520. The second-order valence-electron chi connectivity index (χ2n) is 6.83. The molecule has 0 heterocycles. The van der Waals surface area contributed by atoms with Gasteiger partial charge in [0.25, 0.3) is 0 Å². The summed E-state index contributed by atoms with van der Waals surface area (Å²) in [5.74, 6) is 1.63. The van der Waals surface area contributed by atoms with Crippen LogP contribution < -0.4 is 10.6 Å². The summed E-state index contributed by atoms with van der Waals surface area (Å²) in [7, 11) is 3.24. The molecule has 0 aromatic rings. The zero-order valence-corrected chi connectivity index (χ0v) is 21.0. The first-order valence-electron chi connectivity index (χ1n) is 11.4. The van der Waals surface area contributed by atoms with E-state index in [1.54, 1.807) is 21.6 Å². The third-order valence-electron chi connectivity index (χ3n) is 3.98. The molecule has 32 heavy (non-hydrogen) atoms. The van der Waals surface area contributed by atoms with Crippen LogP contribution in [0.1, 0.15) is 58.3 Å². The van der Waals surface area contributed by atoms with E-state index in [0.29, 0.717) is 19.5 Å². The normalized spacial score (nSPS) is 12.2. The van der Waals surface area contributed by atoms with E-state index in [9.17, 15) is 9.59 Å². The third kappa shape index (κ3) is 26.2. The Labute approximate surface area is 202 Å². The van der Waals surface area contributed by atoms with E-state index >= 15 is 0 Å². The highest BCUT2D eigenvalue weighted by molar-refractivity contribution is 8.76. The van der Waals surface area contributed by atoms with Crippen LogP contribution in [0.2, 0.25) is 0 Å². The van der Waals surface area contributed by atoms with Gasteiger partial charge in [0.05, 0.1) is 0 Å². The van der Waals surface area contributed by atoms with E-state index < -0.39 is 6.09 Å². The second-order valence-corrected chi connectivity index (χ2v) is 9.53. The molecule has 0 atom stereocenters. The van der Waals surface area contributed by atoms with Crippen LogP contribution >= 0.6 is 21.6 Å². The molecule has 0 fully saturated rings. The lowest BCUT2D eigenvalue weighted by molar-refractivity contribution is -0.121. The van der Waals surface area contributed by atoms with Gasteiger partial charge in [0.2, 0.25) is 5.91 Å². The maximum atomic E-state index is 11.8. The zero-order valence-electron chi connectivity index (χ0n) is 19.3. The topological polar surface area (TPSA) is 78.4 Å². The van der Waals surface area contributed by atoms with E-state index in [-0.39, 0.29) is 5.91 Å². The SMILES string of the molecule is CCC=CCC=CCC=CCC=CCC=CCCCC(=O)NCCSSCCNC(=O)O. The molecule has 0 unspecified atom stereocenters. The minimum Gasteiger partial charge on any atom is -0.465 e. The van der Waals surface area contributed by atoms with Gasteiger partial charge in [-0.2, -0.15) is 0 Å². The summed E-state index contributed by atoms with van der Waals surface area (Å²) in [5, 5.41) is 13.7. The Morgan fingerprint density at radius 2 is 1.19 bits per heavy atom. The highest BCUT2D eigenvalue weighted by Crippen LogP contribution is 2.19. The summed E-state index contributed by atoms with van der Waals surface area (Å²) in [6.07, 6.45) is 28.2. The maximum Gasteiger partial charge on any atom is 0.404 e. The highest BCUT2D eigenvalue weighted by Gasteiger charge is 2.00. The summed E-state index contributed by atoms with van der Waals surface area (Å²) in [6, 6.07) is 0. The molecule has 3 N–H and O–H groups in total. The van der Waals surface area contributed by atoms with Crippen molar-refractivity contribution >= 4 is 33.6 Å². The molecule has 0 spiro atoms. The minimum absolute atomic E-state index is 0.0931. The smallest absolute Gasteiger partial charge is 0.404 e. The second kappa shape index (κ2) is 25.4. The number of unbranched alkanes of at least 4 members (excludes halogenated alkanes) is 1. The van der Waals surface area contributed by atoms with Gasteiger partial charge < -0.3 is 15.7 Å². The molecule has 7 heteroatoms.